The van der Waals surface area contributed by atoms with E-state index in [-0.39, 0.29) is 12.5 Å². The average Bonchev–Trinajstić information content (AvgIpc) is 2.56. The molecule has 0 aromatic heterocycles. The number of benzene rings is 2. The number of aliphatic hydroxyl groups is 1. The minimum absolute atomic E-state index is 0.0978. The van der Waals surface area contributed by atoms with E-state index < -0.39 is 5.41 Å². The molecule has 2 rings (SSSR count). The van der Waals surface area contributed by atoms with Gasteiger partial charge in [-0.3, -0.25) is 4.79 Å². The lowest BCUT2D eigenvalue weighted by molar-refractivity contribution is -0.120. The number of amides is 1. The third kappa shape index (κ3) is 3.95. The summed E-state index contributed by atoms with van der Waals surface area (Å²) in [6.07, 6.45) is 0. The maximum atomic E-state index is 12.7. The molecule has 0 aliphatic rings. The fourth-order valence-corrected chi connectivity index (χ4v) is 2.47. The molecule has 4 nitrogen and oxygen atoms in total. The Morgan fingerprint density at radius 1 is 1.17 bits per heavy atom. The molecular weight excluding hydrogens is 302 g/mol. The van der Waals surface area contributed by atoms with Crippen molar-refractivity contribution < 1.29 is 14.6 Å². The van der Waals surface area contributed by atoms with Crippen LogP contribution in [0.5, 0.6) is 5.75 Å². The van der Waals surface area contributed by atoms with E-state index in [9.17, 15) is 9.90 Å². The van der Waals surface area contributed by atoms with Crippen molar-refractivity contribution in [1.82, 2.24) is 0 Å². The van der Waals surface area contributed by atoms with Crippen LogP contribution in [0.2, 0.25) is 0 Å². The molecule has 1 amide bonds. The topological polar surface area (TPSA) is 58.6 Å². The number of ether oxygens (including phenoxy) is 1. The van der Waals surface area contributed by atoms with Gasteiger partial charge in [-0.1, -0.05) is 29.8 Å². The molecule has 0 heterocycles. The molecule has 24 heavy (non-hydrogen) atoms. The van der Waals surface area contributed by atoms with Crippen molar-refractivity contribution in [2.45, 2.75) is 39.7 Å². The summed E-state index contributed by atoms with van der Waals surface area (Å²) in [4.78, 5) is 12.7. The number of rotatable bonds is 6. The normalized spacial score (nSPS) is 11.2. The van der Waals surface area contributed by atoms with Crippen molar-refractivity contribution in [2.75, 3.05) is 11.9 Å². The van der Waals surface area contributed by atoms with Crippen LogP contribution in [-0.4, -0.2) is 17.6 Å². The van der Waals surface area contributed by atoms with Crippen molar-refractivity contribution in [3.05, 3.63) is 59.2 Å². The summed E-state index contributed by atoms with van der Waals surface area (Å²) in [5, 5.41) is 12.4. The predicted molar refractivity (Wildman–Crippen MR) is 96.4 cm³/mol. The fourth-order valence-electron chi connectivity index (χ4n) is 2.47. The number of aryl methyl sites for hydroxylation is 1. The second-order valence-electron chi connectivity index (χ2n) is 6.36. The molecule has 128 valence electrons. The van der Waals surface area contributed by atoms with E-state index in [0.29, 0.717) is 23.6 Å². The number of carbonyl (C=O) groups is 1. The van der Waals surface area contributed by atoms with Gasteiger partial charge >= 0.3 is 0 Å². The molecule has 0 aliphatic carbocycles. The number of hydrogen-bond acceptors (Lipinski definition) is 3. The van der Waals surface area contributed by atoms with Crippen LogP contribution in [0.15, 0.2) is 42.5 Å². The number of aliphatic hydroxyl groups excluding tert-OH is 1. The predicted octanol–water partition coefficient (Wildman–Crippen LogP) is 3.80. The monoisotopic (exact) mass is 327 g/mol. The first kappa shape index (κ1) is 18.0. The molecule has 4 heteroatoms. The van der Waals surface area contributed by atoms with E-state index in [1.807, 2.05) is 52.0 Å². The summed E-state index contributed by atoms with van der Waals surface area (Å²) in [6, 6.07) is 13.3. The quantitative estimate of drug-likeness (QED) is 0.848. The largest absolute Gasteiger partial charge is 0.494 e. The molecule has 0 saturated carbocycles. The van der Waals surface area contributed by atoms with Gasteiger partial charge in [0, 0.05) is 11.3 Å². The summed E-state index contributed by atoms with van der Waals surface area (Å²) < 4.78 is 5.46. The second kappa shape index (κ2) is 7.49. The third-order valence-electron chi connectivity index (χ3n) is 4.13. The van der Waals surface area contributed by atoms with Crippen LogP contribution in [0, 0.1) is 6.92 Å². The highest BCUT2D eigenvalue weighted by atomic mass is 16.5. The van der Waals surface area contributed by atoms with Crippen LogP contribution in [0.25, 0.3) is 0 Å². The smallest absolute Gasteiger partial charge is 0.234 e. The summed E-state index contributed by atoms with van der Waals surface area (Å²) in [5.74, 6) is 0.537. The molecule has 0 saturated heterocycles. The van der Waals surface area contributed by atoms with Gasteiger partial charge in [0.05, 0.1) is 18.6 Å². The zero-order valence-corrected chi connectivity index (χ0v) is 14.7. The lowest BCUT2D eigenvalue weighted by Crippen LogP contribution is -2.34. The maximum Gasteiger partial charge on any atom is 0.234 e. The first-order valence-electron chi connectivity index (χ1n) is 8.13. The first-order chi connectivity index (χ1) is 11.4. The fraction of sp³-hybridized carbons (Fsp3) is 0.350. The SMILES string of the molecule is CCOc1ccc(NC(=O)C(C)(C)c2ccc(C)cc2)cc1CO. The molecule has 2 aromatic carbocycles. The van der Waals surface area contributed by atoms with Gasteiger partial charge in [-0.15, -0.1) is 0 Å². The zero-order chi connectivity index (χ0) is 17.7. The summed E-state index contributed by atoms with van der Waals surface area (Å²) in [6.45, 7) is 8.09. The van der Waals surface area contributed by atoms with Gasteiger partial charge in [-0.2, -0.15) is 0 Å². The van der Waals surface area contributed by atoms with Gasteiger partial charge in [-0.25, -0.2) is 0 Å². The van der Waals surface area contributed by atoms with Gasteiger partial charge in [-0.05, 0) is 51.5 Å². The van der Waals surface area contributed by atoms with Crippen LogP contribution in [0.4, 0.5) is 5.69 Å². The van der Waals surface area contributed by atoms with Crippen molar-refractivity contribution in [3.63, 3.8) is 0 Å². The van der Waals surface area contributed by atoms with E-state index >= 15 is 0 Å². The first-order valence-corrected chi connectivity index (χ1v) is 8.13. The Bertz CT molecular complexity index is 705. The zero-order valence-electron chi connectivity index (χ0n) is 14.7. The number of anilines is 1. The van der Waals surface area contributed by atoms with Crippen molar-refractivity contribution in [3.8, 4) is 5.75 Å². The van der Waals surface area contributed by atoms with E-state index in [1.54, 1.807) is 18.2 Å². The van der Waals surface area contributed by atoms with Crippen LogP contribution >= 0.6 is 0 Å². The summed E-state index contributed by atoms with van der Waals surface area (Å²) >= 11 is 0. The van der Waals surface area contributed by atoms with Gasteiger partial charge in [0.15, 0.2) is 0 Å². The Morgan fingerprint density at radius 2 is 1.83 bits per heavy atom. The van der Waals surface area contributed by atoms with E-state index in [2.05, 4.69) is 5.32 Å². The molecule has 2 N–H and O–H groups in total. The van der Waals surface area contributed by atoms with Crippen molar-refractivity contribution in [2.24, 2.45) is 0 Å². The van der Waals surface area contributed by atoms with Crippen molar-refractivity contribution >= 4 is 11.6 Å². The van der Waals surface area contributed by atoms with Gasteiger partial charge < -0.3 is 15.2 Å². The van der Waals surface area contributed by atoms with Gasteiger partial charge in [0.1, 0.15) is 5.75 Å². The maximum absolute atomic E-state index is 12.7. The Labute approximate surface area is 143 Å². The molecular formula is C20H25NO3. The van der Waals surface area contributed by atoms with E-state index in [1.165, 1.54) is 0 Å². The minimum atomic E-state index is -0.661. The van der Waals surface area contributed by atoms with Crippen LogP contribution in [-0.2, 0) is 16.8 Å². The van der Waals surface area contributed by atoms with Crippen molar-refractivity contribution in [1.29, 1.82) is 0 Å². The average molecular weight is 327 g/mol. The Kier molecular flexibility index (Phi) is 5.62. The lowest BCUT2D eigenvalue weighted by atomic mass is 9.83. The second-order valence-corrected chi connectivity index (χ2v) is 6.36. The summed E-state index contributed by atoms with van der Waals surface area (Å²) in [5.41, 5.74) is 2.76. The molecule has 0 bridgehead atoms. The molecule has 0 atom stereocenters. The number of nitrogens with one attached hydrogen (secondary N) is 1. The van der Waals surface area contributed by atoms with Gasteiger partial charge in [0.2, 0.25) is 5.91 Å². The van der Waals surface area contributed by atoms with Gasteiger partial charge in [0.25, 0.3) is 0 Å². The lowest BCUT2D eigenvalue weighted by Gasteiger charge is -2.24. The molecule has 0 fully saturated rings. The van der Waals surface area contributed by atoms with Crippen LogP contribution < -0.4 is 10.1 Å². The Balaban J connectivity index is 2.20. The highest BCUT2D eigenvalue weighted by Crippen LogP contribution is 2.27. The minimum Gasteiger partial charge on any atom is -0.494 e. The van der Waals surface area contributed by atoms with E-state index in [4.69, 9.17) is 4.74 Å². The molecule has 0 aliphatic heterocycles. The third-order valence-corrected chi connectivity index (χ3v) is 4.13. The molecule has 0 radical (unpaired) electrons. The highest BCUT2D eigenvalue weighted by molar-refractivity contribution is 5.98. The molecule has 0 unspecified atom stereocenters. The summed E-state index contributed by atoms with van der Waals surface area (Å²) in [7, 11) is 0. The number of carbonyl (C=O) groups excluding carboxylic acids is 1. The van der Waals surface area contributed by atoms with E-state index in [0.717, 1.165) is 11.1 Å². The molecule has 2 aromatic rings. The standard InChI is InChI=1S/C20H25NO3/c1-5-24-18-11-10-17(12-15(18)13-22)21-19(23)20(3,4)16-8-6-14(2)7-9-16/h6-12,22H,5,13H2,1-4H3,(H,21,23). The Morgan fingerprint density at radius 3 is 2.42 bits per heavy atom. The Hall–Kier alpha value is -2.33. The number of hydrogen-bond donors (Lipinski definition) is 2. The van der Waals surface area contributed by atoms with Crippen LogP contribution in [0.1, 0.15) is 37.5 Å². The highest BCUT2D eigenvalue weighted by Gasteiger charge is 2.29. The van der Waals surface area contributed by atoms with Crippen LogP contribution in [0.3, 0.4) is 0 Å². The molecule has 0 spiro atoms.